The number of nitrogens with one attached hydrogen (secondary N) is 1. The van der Waals surface area contributed by atoms with Crippen LogP contribution in [0, 0.1) is 0 Å². The van der Waals surface area contributed by atoms with Crippen LogP contribution in [0.4, 0.5) is 0 Å². The zero-order valence-electron chi connectivity index (χ0n) is 11.0. The molecule has 0 radical (unpaired) electrons. The van der Waals surface area contributed by atoms with Crippen LogP contribution < -0.4 is 10.1 Å². The van der Waals surface area contributed by atoms with E-state index in [4.69, 9.17) is 9.47 Å². The molecule has 1 N–H and O–H groups in total. The van der Waals surface area contributed by atoms with Crippen molar-refractivity contribution in [3.8, 4) is 5.88 Å². The summed E-state index contributed by atoms with van der Waals surface area (Å²) in [5, 5.41) is 6.32. The average Bonchev–Trinajstić information content (AvgIpc) is 2.84. The quantitative estimate of drug-likeness (QED) is 0.929. The molecule has 0 aromatic carbocycles. The standard InChI is InChI=1S/C13H17N3O2S/c1-13(2)7-14-5-9(18-13)6-17-11-10-3-4-19-12(10)16-8-15-11/h3-4,8-9,14H,5-7H2,1-2H3. The first kappa shape index (κ1) is 12.8. The van der Waals surface area contributed by atoms with E-state index in [2.05, 4.69) is 29.1 Å². The monoisotopic (exact) mass is 279 g/mol. The van der Waals surface area contributed by atoms with Crippen LogP contribution in [0.2, 0.25) is 0 Å². The van der Waals surface area contributed by atoms with Crippen molar-refractivity contribution < 1.29 is 9.47 Å². The summed E-state index contributed by atoms with van der Waals surface area (Å²) in [4.78, 5) is 9.35. The van der Waals surface area contributed by atoms with Crippen LogP contribution >= 0.6 is 11.3 Å². The van der Waals surface area contributed by atoms with Crippen molar-refractivity contribution in [2.45, 2.75) is 25.6 Å². The predicted molar refractivity (Wildman–Crippen MR) is 74.7 cm³/mol. The molecular weight excluding hydrogens is 262 g/mol. The van der Waals surface area contributed by atoms with Gasteiger partial charge in [-0.1, -0.05) is 0 Å². The number of thiophene rings is 1. The van der Waals surface area contributed by atoms with Crippen molar-refractivity contribution >= 4 is 21.6 Å². The SMILES string of the molecule is CC1(C)CNCC(COc2ncnc3sccc23)O1. The molecule has 1 aliphatic heterocycles. The van der Waals surface area contributed by atoms with Gasteiger partial charge in [-0.05, 0) is 25.3 Å². The fourth-order valence-electron chi connectivity index (χ4n) is 2.22. The molecular formula is C13H17N3O2S. The maximum atomic E-state index is 5.96. The van der Waals surface area contributed by atoms with Crippen molar-refractivity contribution in [3.63, 3.8) is 0 Å². The lowest BCUT2D eigenvalue weighted by Gasteiger charge is -2.36. The molecule has 3 rings (SSSR count). The Morgan fingerprint density at radius 1 is 1.53 bits per heavy atom. The van der Waals surface area contributed by atoms with Gasteiger partial charge < -0.3 is 14.8 Å². The third-order valence-corrected chi connectivity index (χ3v) is 3.86. The minimum absolute atomic E-state index is 0.0485. The number of hydrogen-bond acceptors (Lipinski definition) is 6. The third-order valence-electron chi connectivity index (χ3n) is 3.04. The first-order valence-corrected chi connectivity index (χ1v) is 7.21. The number of nitrogens with zero attached hydrogens (tertiary/aromatic N) is 2. The molecule has 5 nitrogen and oxygen atoms in total. The minimum atomic E-state index is -0.143. The Balaban J connectivity index is 1.67. The Hall–Kier alpha value is -1.24. The third kappa shape index (κ3) is 2.86. The molecule has 0 aliphatic carbocycles. The van der Waals surface area contributed by atoms with Crippen LogP contribution in [-0.2, 0) is 4.74 Å². The second-order valence-corrected chi connectivity index (χ2v) is 6.15. The number of rotatable bonds is 3. The summed E-state index contributed by atoms with van der Waals surface area (Å²) >= 11 is 1.59. The van der Waals surface area contributed by atoms with Crippen molar-refractivity contribution in [1.82, 2.24) is 15.3 Å². The molecule has 1 fully saturated rings. The van der Waals surface area contributed by atoms with Crippen molar-refractivity contribution in [2.75, 3.05) is 19.7 Å². The summed E-state index contributed by atoms with van der Waals surface area (Å²) in [5.41, 5.74) is -0.143. The Morgan fingerprint density at radius 3 is 3.26 bits per heavy atom. The van der Waals surface area contributed by atoms with E-state index in [1.54, 1.807) is 11.3 Å². The zero-order chi connectivity index (χ0) is 13.3. The Kier molecular flexibility index (Phi) is 3.38. The maximum Gasteiger partial charge on any atom is 0.225 e. The molecule has 0 amide bonds. The van der Waals surface area contributed by atoms with Gasteiger partial charge in [0.05, 0.1) is 11.0 Å². The molecule has 19 heavy (non-hydrogen) atoms. The lowest BCUT2D eigenvalue weighted by molar-refractivity contribution is -0.107. The van der Waals surface area contributed by atoms with Crippen molar-refractivity contribution in [2.24, 2.45) is 0 Å². The molecule has 6 heteroatoms. The Labute approximate surface area is 116 Å². The molecule has 1 aliphatic rings. The van der Waals surface area contributed by atoms with Crippen LogP contribution in [0.3, 0.4) is 0 Å². The first-order valence-electron chi connectivity index (χ1n) is 6.34. The van der Waals surface area contributed by atoms with E-state index in [-0.39, 0.29) is 11.7 Å². The van der Waals surface area contributed by atoms with Gasteiger partial charge >= 0.3 is 0 Å². The second kappa shape index (κ2) is 5.03. The molecule has 2 aromatic heterocycles. The predicted octanol–water partition coefficient (Wildman–Crippen LogP) is 1.84. The summed E-state index contributed by atoms with van der Waals surface area (Å²) in [6.07, 6.45) is 1.59. The number of ether oxygens (including phenoxy) is 2. The number of morpholine rings is 1. The smallest absolute Gasteiger partial charge is 0.225 e. The van der Waals surface area contributed by atoms with E-state index in [1.165, 1.54) is 6.33 Å². The number of fused-ring (bicyclic) bond motifs is 1. The number of hydrogen-bond donors (Lipinski definition) is 1. The molecule has 1 unspecified atom stereocenters. The highest BCUT2D eigenvalue weighted by Crippen LogP contribution is 2.26. The van der Waals surface area contributed by atoms with Gasteiger partial charge in [0.2, 0.25) is 5.88 Å². The molecule has 0 bridgehead atoms. The number of aromatic nitrogens is 2. The van der Waals surface area contributed by atoms with Gasteiger partial charge in [0, 0.05) is 13.1 Å². The van der Waals surface area contributed by atoms with Crippen LogP contribution in [0.15, 0.2) is 17.8 Å². The van der Waals surface area contributed by atoms with Gasteiger partial charge in [-0.3, -0.25) is 0 Å². The summed E-state index contributed by atoms with van der Waals surface area (Å²) in [6.45, 7) is 6.33. The Bertz CT molecular complexity index is 570. The van der Waals surface area contributed by atoms with Crippen molar-refractivity contribution in [1.29, 1.82) is 0 Å². The topological polar surface area (TPSA) is 56.3 Å². The first-order chi connectivity index (χ1) is 9.14. The van der Waals surface area contributed by atoms with Gasteiger partial charge in [-0.15, -0.1) is 11.3 Å². The van der Waals surface area contributed by atoms with Crippen LogP contribution in [0.25, 0.3) is 10.2 Å². The van der Waals surface area contributed by atoms with E-state index in [0.29, 0.717) is 12.5 Å². The summed E-state index contributed by atoms with van der Waals surface area (Å²) in [6, 6.07) is 1.99. The maximum absolute atomic E-state index is 5.96. The van der Waals surface area contributed by atoms with Crippen LogP contribution in [-0.4, -0.2) is 41.4 Å². The summed E-state index contributed by atoms with van der Waals surface area (Å²) < 4.78 is 11.8. The van der Waals surface area contributed by atoms with E-state index in [0.717, 1.165) is 23.3 Å². The van der Waals surface area contributed by atoms with E-state index < -0.39 is 0 Å². The molecule has 0 spiro atoms. The van der Waals surface area contributed by atoms with E-state index in [1.807, 2.05) is 11.4 Å². The fraction of sp³-hybridized carbons (Fsp3) is 0.538. The van der Waals surface area contributed by atoms with Crippen LogP contribution in [0.1, 0.15) is 13.8 Å². The summed E-state index contributed by atoms with van der Waals surface area (Å²) in [5.74, 6) is 0.637. The van der Waals surface area contributed by atoms with E-state index in [9.17, 15) is 0 Å². The highest BCUT2D eigenvalue weighted by Gasteiger charge is 2.28. The lowest BCUT2D eigenvalue weighted by Crippen LogP contribution is -2.52. The highest BCUT2D eigenvalue weighted by molar-refractivity contribution is 7.16. The van der Waals surface area contributed by atoms with Crippen molar-refractivity contribution in [3.05, 3.63) is 17.8 Å². The van der Waals surface area contributed by atoms with Gasteiger partial charge in [0.15, 0.2) is 0 Å². The molecule has 3 heterocycles. The fourth-order valence-corrected chi connectivity index (χ4v) is 2.94. The molecule has 1 saturated heterocycles. The second-order valence-electron chi connectivity index (χ2n) is 5.26. The minimum Gasteiger partial charge on any atom is -0.474 e. The van der Waals surface area contributed by atoms with Gasteiger partial charge in [-0.2, -0.15) is 0 Å². The van der Waals surface area contributed by atoms with Gasteiger partial charge in [0.25, 0.3) is 0 Å². The lowest BCUT2D eigenvalue weighted by atomic mass is 10.1. The largest absolute Gasteiger partial charge is 0.474 e. The molecule has 1 atom stereocenters. The van der Waals surface area contributed by atoms with Gasteiger partial charge in [-0.25, -0.2) is 9.97 Å². The highest BCUT2D eigenvalue weighted by atomic mass is 32.1. The molecule has 0 saturated carbocycles. The zero-order valence-corrected chi connectivity index (χ0v) is 11.9. The van der Waals surface area contributed by atoms with Gasteiger partial charge in [0.1, 0.15) is 23.9 Å². The van der Waals surface area contributed by atoms with Crippen LogP contribution in [0.5, 0.6) is 5.88 Å². The molecule has 102 valence electrons. The average molecular weight is 279 g/mol. The Morgan fingerprint density at radius 2 is 2.42 bits per heavy atom. The molecule has 2 aromatic rings. The van der Waals surface area contributed by atoms with E-state index >= 15 is 0 Å². The summed E-state index contributed by atoms with van der Waals surface area (Å²) in [7, 11) is 0. The normalized spacial score (nSPS) is 22.5.